The van der Waals surface area contributed by atoms with E-state index in [4.69, 9.17) is 5.11 Å². The first-order chi connectivity index (χ1) is 14.0. The molecule has 30 heavy (non-hydrogen) atoms. The Morgan fingerprint density at radius 3 is 2.53 bits per heavy atom. The number of carboxylic acid groups (broad SMARTS) is 1. The van der Waals surface area contributed by atoms with Crippen LogP contribution in [0.15, 0.2) is 0 Å². The Bertz CT molecular complexity index is 831. The van der Waals surface area contributed by atoms with E-state index in [9.17, 15) is 32.4 Å². The van der Waals surface area contributed by atoms with Crippen LogP contribution in [0, 0.1) is 0 Å². The Hall–Kier alpha value is -2.78. The third-order valence-corrected chi connectivity index (χ3v) is 5.97. The van der Waals surface area contributed by atoms with Gasteiger partial charge in [0.25, 0.3) is 10.2 Å². The number of fused-ring (bicyclic) bond motifs is 1. The molecule has 15 heteroatoms. The fourth-order valence-electron chi connectivity index (χ4n) is 3.02. The molecule has 2 heterocycles. The molecule has 0 aromatic carbocycles. The van der Waals surface area contributed by atoms with Crippen LogP contribution in [0.5, 0.6) is 0 Å². The smallest absolute Gasteiger partial charge is 0.354 e. The summed E-state index contributed by atoms with van der Waals surface area (Å²) in [6.45, 7) is -0.100. The van der Waals surface area contributed by atoms with Crippen molar-refractivity contribution in [3.05, 3.63) is 0 Å². The zero-order chi connectivity index (χ0) is 22.6. The summed E-state index contributed by atoms with van der Waals surface area (Å²) in [4.78, 5) is 62.2. The highest BCUT2D eigenvalue weighted by Crippen LogP contribution is 2.24. The fourth-order valence-corrected chi connectivity index (χ4v) is 3.63. The Balaban J connectivity index is 2.29. The molecule has 0 spiro atoms. The van der Waals surface area contributed by atoms with Crippen molar-refractivity contribution < 1.29 is 37.5 Å². The number of carboxylic acids is 1. The molecule has 0 saturated carbocycles. The van der Waals surface area contributed by atoms with Gasteiger partial charge in [-0.1, -0.05) is 0 Å². The van der Waals surface area contributed by atoms with E-state index in [1.807, 2.05) is 0 Å². The van der Waals surface area contributed by atoms with Gasteiger partial charge in [0.2, 0.25) is 11.8 Å². The fraction of sp³-hybridized carbons (Fsp3) is 0.667. The first-order valence-electron chi connectivity index (χ1n) is 9.06. The van der Waals surface area contributed by atoms with Crippen LogP contribution < -0.4 is 10.1 Å². The van der Waals surface area contributed by atoms with E-state index in [-0.39, 0.29) is 32.2 Å². The maximum atomic E-state index is 13.0. The van der Waals surface area contributed by atoms with Crippen molar-refractivity contribution in [2.24, 2.45) is 0 Å². The lowest BCUT2D eigenvalue weighted by Crippen LogP contribution is -2.65. The average Bonchev–Trinajstić information content (AvgIpc) is 2.78. The first kappa shape index (κ1) is 23.5. The van der Waals surface area contributed by atoms with Crippen molar-refractivity contribution in [3.63, 3.8) is 0 Å². The van der Waals surface area contributed by atoms with Gasteiger partial charge in [-0.25, -0.2) is 19.8 Å². The number of hydrogen-bond acceptors (Lipinski definition) is 7. The van der Waals surface area contributed by atoms with Crippen molar-refractivity contribution in [3.8, 4) is 0 Å². The molecule has 0 aliphatic carbocycles. The Labute approximate surface area is 172 Å². The molecule has 2 unspecified atom stereocenters. The van der Waals surface area contributed by atoms with E-state index in [1.165, 1.54) is 14.1 Å². The second-order valence-electron chi connectivity index (χ2n) is 6.93. The predicted octanol–water partition coefficient (Wildman–Crippen LogP) is -2.51. The molecule has 14 nitrogen and oxygen atoms in total. The summed E-state index contributed by atoms with van der Waals surface area (Å²) < 4.78 is 25.1. The summed E-state index contributed by atoms with van der Waals surface area (Å²) in [5.74, 6) is -2.61. The SMILES string of the molecule is CN(C)S(=O)(=O)NN1CCC(=O)N2CCCC(C(=O)NC(C=O)CC(=O)O)N2C1=O. The molecule has 4 amide bonds. The minimum absolute atomic E-state index is 0.133. The maximum absolute atomic E-state index is 13.0. The molecular weight excluding hydrogens is 424 g/mol. The van der Waals surface area contributed by atoms with Crippen LogP contribution in [0.2, 0.25) is 0 Å². The number of carbonyl (C=O) groups excluding carboxylic acids is 4. The van der Waals surface area contributed by atoms with Gasteiger partial charge in [-0.2, -0.15) is 12.7 Å². The van der Waals surface area contributed by atoms with Gasteiger partial charge in [-0.3, -0.25) is 14.4 Å². The monoisotopic (exact) mass is 448 g/mol. The molecule has 2 saturated heterocycles. The average molecular weight is 448 g/mol. The largest absolute Gasteiger partial charge is 0.481 e. The molecule has 2 fully saturated rings. The standard InChI is InChI=1S/C15H24N6O8S/c1-18(2)30(28,29)17-19-7-5-12(23)20-6-3-4-11(21(20)15(19)27)14(26)16-10(9-22)8-13(24)25/h9-11,17H,3-8H2,1-2H3,(H,16,26)(H,24,25). The molecule has 168 valence electrons. The van der Waals surface area contributed by atoms with Crippen molar-refractivity contribution in [1.82, 2.24) is 29.5 Å². The van der Waals surface area contributed by atoms with E-state index >= 15 is 0 Å². The number of nitrogens with zero attached hydrogens (tertiary/aromatic N) is 4. The third kappa shape index (κ3) is 5.22. The van der Waals surface area contributed by atoms with Crippen LogP contribution in [0.3, 0.4) is 0 Å². The van der Waals surface area contributed by atoms with E-state index in [1.54, 1.807) is 0 Å². The normalized spacial score (nSPS) is 21.2. The Kier molecular flexibility index (Phi) is 7.33. The molecule has 2 rings (SSSR count). The molecule has 2 aliphatic heterocycles. The lowest BCUT2D eigenvalue weighted by Gasteiger charge is -2.43. The van der Waals surface area contributed by atoms with Crippen LogP contribution in [-0.4, -0.2) is 102 Å². The lowest BCUT2D eigenvalue weighted by molar-refractivity contribution is -0.155. The number of rotatable bonds is 8. The second-order valence-corrected chi connectivity index (χ2v) is 8.79. The maximum Gasteiger partial charge on any atom is 0.354 e. The van der Waals surface area contributed by atoms with E-state index in [0.29, 0.717) is 6.42 Å². The third-order valence-electron chi connectivity index (χ3n) is 4.56. The van der Waals surface area contributed by atoms with Crippen molar-refractivity contribution in [2.75, 3.05) is 27.2 Å². The van der Waals surface area contributed by atoms with Crippen LogP contribution >= 0.6 is 0 Å². The second kappa shape index (κ2) is 9.36. The number of nitrogens with one attached hydrogen (secondary N) is 2. The summed E-state index contributed by atoms with van der Waals surface area (Å²) in [6, 6.07) is -3.48. The van der Waals surface area contributed by atoms with Gasteiger partial charge in [0.15, 0.2) is 0 Å². The number of hydrazine groups is 2. The van der Waals surface area contributed by atoms with Crippen molar-refractivity contribution in [1.29, 1.82) is 0 Å². The highest BCUT2D eigenvalue weighted by Gasteiger charge is 2.44. The van der Waals surface area contributed by atoms with E-state index in [0.717, 1.165) is 19.3 Å². The molecular formula is C15H24N6O8S. The first-order valence-corrected chi connectivity index (χ1v) is 10.5. The molecule has 0 bridgehead atoms. The van der Waals surface area contributed by atoms with Crippen LogP contribution in [-0.2, 0) is 29.4 Å². The van der Waals surface area contributed by atoms with Gasteiger partial charge < -0.3 is 15.2 Å². The summed E-state index contributed by atoms with van der Waals surface area (Å²) >= 11 is 0. The minimum atomic E-state index is -4.06. The molecule has 2 aliphatic rings. The summed E-state index contributed by atoms with van der Waals surface area (Å²) in [6.07, 6.45) is -0.0503. The van der Waals surface area contributed by atoms with Crippen LogP contribution in [0.1, 0.15) is 25.7 Å². The minimum Gasteiger partial charge on any atom is -0.481 e. The van der Waals surface area contributed by atoms with Gasteiger partial charge in [0.05, 0.1) is 12.5 Å². The van der Waals surface area contributed by atoms with Gasteiger partial charge in [-0.15, -0.1) is 4.83 Å². The zero-order valence-corrected chi connectivity index (χ0v) is 17.3. The number of hydrogen-bond donors (Lipinski definition) is 3. The number of carbonyl (C=O) groups is 5. The van der Waals surface area contributed by atoms with Gasteiger partial charge in [-0.05, 0) is 12.8 Å². The topological polar surface area (TPSA) is 177 Å². The van der Waals surface area contributed by atoms with Crippen LogP contribution in [0.4, 0.5) is 4.79 Å². The number of aliphatic carboxylic acids is 1. The lowest BCUT2D eigenvalue weighted by atomic mass is 10.1. The van der Waals surface area contributed by atoms with Crippen molar-refractivity contribution in [2.45, 2.75) is 37.8 Å². The quantitative estimate of drug-likeness (QED) is 0.341. The number of amides is 4. The van der Waals surface area contributed by atoms with Crippen LogP contribution in [0.25, 0.3) is 0 Å². The number of urea groups is 1. The Morgan fingerprint density at radius 2 is 1.97 bits per heavy atom. The van der Waals surface area contributed by atoms with E-state index < -0.39 is 52.5 Å². The molecule has 0 radical (unpaired) electrons. The highest BCUT2D eigenvalue weighted by atomic mass is 32.2. The predicted molar refractivity (Wildman–Crippen MR) is 99.3 cm³/mol. The highest BCUT2D eigenvalue weighted by molar-refractivity contribution is 7.87. The molecule has 3 N–H and O–H groups in total. The van der Waals surface area contributed by atoms with Gasteiger partial charge in [0, 0.05) is 33.6 Å². The van der Waals surface area contributed by atoms with E-state index in [2.05, 4.69) is 10.1 Å². The summed E-state index contributed by atoms with van der Waals surface area (Å²) in [7, 11) is -1.55. The molecule has 0 aromatic rings. The molecule has 2 atom stereocenters. The number of aldehydes is 1. The van der Waals surface area contributed by atoms with Crippen molar-refractivity contribution >= 4 is 40.3 Å². The van der Waals surface area contributed by atoms with Gasteiger partial charge >= 0.3 is 12.0 Å². The zero-order valence-electron chi connectivity index (χ0n) is 16.5. The summed E-state index contributed by atoms with van der Waals surface area (Å²) in [5, 5.41) is 13.7. The summed E-state index contributed by atoms with van der Waals surface area (Å²) in [5.41, 5.74) is 0. The van der Waals surface area contributed by atoms with Gasteiger partial charge in [0.1, 0.15) is 12.3 Å². The molecule has 0 aromatic heterocycles. The Morgan fingerprint density at radius 1 is 1.30 bits per heavy atom.